The molecule has 8 nitrogen and oxygen atoms in total. The van der Waals surface area contributed by atoms with Crippen LogP contribution in [0.25, 0.3) is 0 Å². The van der Waals surface area contributed by atoms with Gasteiger partial charge in [-0.2, -0.15) is 5.26 Å². The fourth-order valence-corrected chi connectivity index (χ4v) is 4.81. The lowest BCUT2D eigenvalue weighted by molar-refractivity contribution is -0.0372. The highest BCUT2D eigenvalue weighted by Crippen LogP contribution is 2.30. The number of nitriles is 1. The number of amides is 2. The molecule has 1 atom stereocenters. The Hall–Kier alpha value is -4.05. The van der Waals surface area contributed by atoms with Crippen LogP contribution in [0.2, 0.25) is 5.02 Å². The second-order valence-electron chi connectivity index (χ2n) is 9.43. The molecule has 0 saturated carbocycles. The van der Waals surface area contributed by atoms with E-state index in [9.17, 15) is 15.3 Å². The molecule has 2 amide bonds. The molecule has 3 N–H and O–H groups in total. The van der Waals surface area contributed by atoms with Crippen molar-refractivity contribution in [3.05, 3.63) is 100 Å². The zero-order valence-corrected chi connectivity index (χ0v) is 22.9. The first kappa shape index (κ1) is 28.9. The van der Waals surface area contributed by atoms with Crippen molar-refractivity contribution in [1.82, 2.24) is 14.9 Å². The van der Waals surface area contributed by atoms with Crippen LogP contribution in [-0.4, -0.2) is 72.0 Å². The predicted molar refractivity (Wildman–Crippen MR) is 154 cm³/mol. The van der Waals surface area contributed by atoms with Crippen LogP contribution < -0.4 is 10.5 Å². The van der Waals surface area contributed by atoms with Crippen LogP contribution in [-0.2, 0) is 0 Å². The molecule has 40 heavy (non-hydrogen) atoms. The van der Waals surface area contributed by atoms with E-state index in [0.717, 1.165) is 37.7 Å². The molecule has 1 fully saturated rings. The van der Waals surface area contributed by atoms with E-state index in [4.69, 9.17) is 22.1 Å². The van der Waals surface area contributed by atoms with Crippen LogP contribution in [0, 0.1) is 23.2 Å². The summed E-state index contributed by atoms with van der Waals surface area (Å²) in [4.78, 5) is 15.7. The number of carbonyl (C=O) groups excluding carboxylic acids is 1. The van der Waals surface area contributed by atoms with Gasteiger partial charge in [0, 0.05) is 49.7 Å². The van der Waals surface area contributed by atoms with Gasteiger partial charge >= 0.3 is 6.03 Å². The van der Waals surface area contributed by atoms with Crippen LogP contribution in [0.15, 0.2) is 72.8 Å². The minimum absolute atomic E-state index is 0.0108. The van der Waals surface area contributed by atoms with Gasteiger partial charge in [-0.05, 0) is 41.5 Å². The van der Waals surface area contributed by atoms with Crippen molar-refractivity contribution in [3.8, 4) is 23.7 Å². The number of benzene rings is 3. The fraction of sp³-hybridized carbons (Fsp3) is 0.290. The van der Waals surface area contributed by atoms with E-state index in [0.29, 0.717) is 28.5 Å². The van der Waals surface area contributed by atoms with Gasteiger partial charge in [0.05, 0.1) is 18.2 Å². The molecule has 206 valence electrons. The van der Waals surface area contributed by atoms with E-state index < -0.39 is 6.03 Å². The third-order valence-electron chi connectivity index (χ3n) is 6.77. The Labute approximate surface area is 240 Å². The van der Waals surface area contributed by atoms with Crippen molar-refractivity contribution in [2.75, 3.05) is 45.9 Å². The summed E-state index contributed by atoms with van der Waals surface area (Å²) in [6, 6.07) is 25.3. The third kappa shape index (κ3) is 7.98. The van der Waals surface area contributed by atoms with Crippen LogP contribution in [0.3, 0.4) is 0 Å². The number of nitrogens with two attached hydrogens (primary N) is 1. The van der Waals surface area contributed by atoms with Gasteiger partial charge in [0.2, 0.25) is 0 Å². The van der Waals surface area contributed by atoms with Gasteiger partial charge in [-0.25, -0.2) is 9.86 Å². The maximum atomic E-state index is 10.8. The lowest BCUT2D eigenvalue weighted by Crippen LogP contribution is -2.48. The summed E-state index contributed by atoms with van der Waals surface area (Å²) in [5.74, 6) is 6.30. The summed E-state index contributed by atoms with van der Waals surface area (Å²) in [6.45, 7) is 4.92. The number of hydroxylamine groups is 2. The van der Waals surface area contributed by atoms with Gasteiger partial charge in [-0.3, -0.25) is 15.0 Å². The Balaban J connectivity index is 1.29. The molecular formula is C31H32ClN5O3. The number of hydrogen-bond donors (Lipinski definition) is 2. The van der Waals surface area contributed by atoms with E-state index >= 15 is 0 Å². The van der Waals surface area contributed by atoms with E-state index in [1.165, 1.54) is 11.1 Å². The molecule has 0 aliphatic carbocycles. The van der Waals surface area contributed by atoms with Gasteiger partial charge in [0.25, 0.3) is 0 Å². The van der Waals surface area contributed by atoms with E-state index in [1.54, 1.807) is 18.2 Å². The molecule has 0 aromatic heterocycles. The fourth-order valence-electron chi connectivity index (χ4n) is 4.68. The normalized spacial score (nSPS) is 14.4. The highest BCUT2D eigenvalue weighted by Gasteiger charge is 2.26. The SMILES string of the molecule is N#Cc1cc(C#CCCN(O)C(N)=O)ccc1OCCN1CCN([C@H](c2ccccc2)c2ccc(Cl)cc2)CC1. The summed E-state index contributed by atoms with van der Waals surface area (Å²) >= 11 is 6.15. The minimum Gasteiger partial charge on any atom is -0.491 e. The number of piperazine rings is 1. The number of rotatable bonds is 9. The Morgan fingerprint density at radius 3 is 2.42 bits per heavy atom. The van der Waals surface area contributed by atoms with E-state index in [1.807, 2.05) is 18.2 Å². The van der Waals surface area contributed by atoms with E-state index in [-0.39, 0.29) is 19.0 Å². The average Bonchev–Trinajstić information content (AvgIpc) is 2.98. The summed E-state index contributed by atoms with van der Waals surface area (Å²) in [5.41, 5.74) is 8.52. The number of halogens is 1. The maximum Gasteiger partial charge on any atom is 0.338 e. The molecule has 0 bridgehead atoms. The first-order chi connectivity index (χ1) is 19.4. The molecule has 0 radical (unpaired) electrons. The topological polar surface area (TPSA) is 106 Å². The Morgan fingerprint density at radius 2 is 1.75 bits per heavy atom. The van der Waals surface area contributed by atoms with Crippen LogP contribution in [0.1, 0.15) is 34.7 Å². The standard InChI is InChI=1S/C31H32ClN5O3/c32-28-12-10-26(11-13-28)30(25-7-2-1-3-8-25)36-18-16-35(17-19-36)20-21-40-29-14-9-24(22-27(29)23-33)6-4-5-15-37(39)31(34)38/h1-3,7-14,22,30,39H,5,15-21H2,(H2,34,38)/t30-/m1/s1. The van der Waals surface area contributed by atoms with Crippen LogP contribution in [0.4, 0.5) is 4.79 Å². The molecule has 3 aromatic carbocycles. The lowest BCUT2D eigenvalue weighted by Gasteiger charge is -2.39. The van der Waals surface area contributed by atoms with Crippen molar-refractivity contribution in [3.63, 3.8) is 0 Å². The molecular weight excluding hydrogens is 526 g/mol. The number of primary amides is 1. The quantitative estimate of drug-likeness (QED) is 0.228. The van der Waals surface area contributed by atoms with Crippen molar-refractivity contribution >= 4 is 17.6 Å². The molecule has 1 saturated heterocycles. The molecule has 1 aliphatic heterocycles. The first-order valence-electron chi connectivity index (χ1n) is 13.1. The average molecular weight is 558 g/mol. The number of ether oxygens (including phenoxy) is 1. The monoisotopic (exact) mass is 557 g/mol. The molecule has 9 heteroatoms. The molecule has 1 aliphatic rings. The Morgan fingerprint density at radius 1 is 1.05 bits per heavy atom. The van der Waals surface area contributed by atoms with Crippen molar-refractivity contribution in [2.45, 2.75) is 12.5 Å². The van der Waals surface area contributed by atoms with Crippen molar-refractivity contribution in [2.24, 2.45) is 5.73 Å². The highest BCUT2D eigenvalue weighted by atomic mass is 35.5. The zero-order valence-electron chi connectivity index (χ0n) is 22.2. The van der Waals surface area contributed by atoms with E-state index in [2.05, 4.69) is 64.1 Å². The lowest BCUT2D eigenvalue weighted by atomic mass is 9.96. The number of urea groups is 1. The van der Waals surface area contributed by atoms with Gasteiger partial charge in [0.15, 0.2) is 0 Å². The molecule has 1 heterocycles. The molecule has 3 aromatic rings. The number of hydrogen-bond acceptors (Lipinski definition) is 6. The predicted octanol–water partition coefficient (Wildman–Crippen LogP) is 4.51. The summed E-state index contributed by atoms with van der Waals surface area (Å²) < 4.78 is 5.96. The van der Waals surface area contributed by atoms with Crippen LogP contribution in [0.5, 0.6) is 5.75 Å². The molecule has 0 spiro atoms. The van der Waals surface area contributed by atoms with Gasteiger partial charge < -0.3 is 10.5 Å². The highest BCUT2D eigenvalue weighted by molar-refractivity contribution is 6.30. The number of carbonyl (C=O) groups is 1. The van der Waals surface area contributed by atoms with Crippen molar-refractivity contribution in [1.29, 1.82) is 5.26 Å². The number of nitrogens with zero attached hydrogens (tertiary/aromatic N) is 4. The largest absolute Gasteiger partial charge is 0.491 e. The maximum absolute atomic E-state index is 10.8. The van der Waals surface area contributed by atoms with Gasteiger partial charge in [0.1, 0.15) is 18.4 Å². The van der Waals surface area contributed by atoms with Crippen molar-refractivity contribution < 1.29 is 14.7 Å². The van der Waals surface area contributed by atoms with Gasteiger partial charge in [-0.15, -0.1) is 0 Å². The smallest absolute Gasteiger partial charge is 0.338 e. The second-order valence-corrected chi connectivity index (χ2v) is 9.86. The summed E-state index contributed by atoms with van der Waals surface area (Å²) in [5, 5.41) is 20.0. The summed E-state index contributed by atoms with van der Waals surface area (Å²) in [6.07, 6.45) is 0.249. The first-order valence-corrected chi connectivity index (χ1v) is 13.5. The Bertz CT molecular complexity index is 1370. The Kier molecular flexibility index (Phi) is 10.4. The summed E-state index contributed by atoms with van der Waals surface area (Å²) in [7, 11) is 0. The minimum atomic E-state index is -0.925. The second kappa shape index (κ2) is 14.4. The molecule has 4 rings (SSSR count). The third-order valence-corrected chi connectivity index (χ3v) is 7.03. The van der Waals surface area contributed by atoms with Gasteiger partial charge in [-0.1, -0.05) is 65.9 Å². The van der Waals surface area contributed by atoms with Crippen LogP contribution >= 0.6 is 11.6 Å². The zero-order chi connectivity index (χ0) is 28.3. The molecule has 0 unspecified atom stereocenters.